The monoisotopic (exact) mass is 233 g/mol. The molecule has 94 valence electrons. The van der Waals surface area contributed by atoms with Gasteiger partial charge in [0.2, 0.25) is 0 Å². The SMILES string of the molecule is CC#CC(=O)N1CCC2(CC(C(C)(C)C)C2)C1. The number of rotatable bonds is 0. The van der Waals surface area contributed by atoms with Crippen molar-refractivity contribution in [2.45, 2.75) is 47.0 Å². The van der Waals surface area contributed by atoms with Crippen molar-refractivity contribution in [1.29, 1.82) is 0 Å². The van der Waals surface area contributed by atoms with Crippen LogP contribution in [0, 0.1) is 28.6 Å². The van der Waals surface area contributed by atoms with Gasteiger partial charge in [-0.15, -0.1) is 0 Å². The van der Waals surface area contributed by atoms with Crippen LogP contribution < -0.4 is 0 Å². The van der Waals surface area contributed by atoms with Crippen molar-refractivity contribution in [3.8, 4) is 11.8 Å². The van der Waals surface area contributed by atoms with Crippen LogP contribution in [0.2, 0.25) is 0 Å². The molecule has 1 aliphatic carbocycles. The molecule has 2 heteroatoms. The molecule has 1 heterocycles. The molecule has 17 heavy (non-hydrogen) atoms. The van der Waals surface area contributed by atoms with Crippen LogP contribution in [0.4, 0.5) is 0 Å². The largest absolute Gasteiger partial charge is 0.331 e. The summed E-state index contributed by atoms with van der Waals surface area (Å²) in [5, 5.41) is 0. The first-order valence-corrected chi connectivity index (χ1v) is 6.58. The maximum absolute atomic E-state index is 11.7. The summed E-state index contributed by atoms with van der Waals surface area (Å²) in [7, 11) is 0. The second kappa shape index (κ2) is 4.05. The van der Waals surface area contributed by atoms with Crippen molar-refractivity contribution in [2.24, 2.45) is 16.7 Å². The number of nitrogens with zero attached hydrogens (tertiary/aromatic N) is 1. The summed E-state index contributed by atoms with van der Waals surface area (Å²) in [4.78, 5) is 13.6. The van der Waals surface area contributed by atoms with Crippen LogP contribution in [0.1, 0.15) is 47.0 Å². The third-order valence-electron chi connectivity index (χ3n) is 4.54. The first-order chi connectivity index (χ1) is 7.86. The maximum atomic E-state index is 11.7. The number of carbonyl (C=O) groups is 1. The Morgan fingerprint density at radius 2 is 2.00 bits per heavy atom. The second-order valence-corrected chi connectivity index (χ2v) is 6.82. The van der Waals surface area contributed by atoms with E-state index in [9.17, 15) is 4.79 Å². The number of likely N-dealkylation sites (tertiary alicyclic amines) is 1. The van der Waals surface area contributed by atoms with E-state index in [1.165, 1.54) is 19.3 Å². The lowest BCUT2D eigenvalue weighted by Crippen LogP contribution is -2.45. The molecule has 0 aromatic carbocycles. The highest BCUT2D eigenvalue weighted by atomic mass is 16.2. The quantitative estimate of drug-likeness (QED) is 0.589. The molecule has 0 radical (unpaired) electrons. The highest BCUT2D eigenvalue weighted by molar-refractivity contribution is 5.93. The highest BCUT2D eigenvalue weighted by Gasteiger charge is 2.52. The minimum Gasteiger partial charge on any atom is -0.331 e. The van der Waals surface area contributed by atoms with E-state index in [0.29, 0.717) is 10.8 Å². The first kappa shape index (κ1) is 12.5. The molecular weight excluding hydrogens is 210 g/mol. The third-order valence-corrected chi connectivity index (χ3v) is 4.54. The summed E-state index contributed by atoms with van der Waals surface area (Å²) in [6, 6.07) is 0. The van der Waals surface area contributed by atoms with Gasteiger partial charge in [0.1, 0.15) is 0 Å². The smallest absolute Gasteiger partial charge is 0.298 e. The number of carbonyl (C=O) groups excluding carboxylic acids is 1. The Morgan fingerprint density at radius 1 is 1.35 bits per heavy atom. The molecule has 1 saturated carbocycles. The fourth-order valence-corrected chi connectivity index (χ4v) is 3.23. The molecule has 0 N–H and O–H groups in total. The van der Waals surface area contributed by atoms with E-state index < -0.39 is 0 Å². The summed E-state index contributed by atoms with van der Waals surface area (Å²) in [5.41, 5.74) is 0.856. The van der Waals surface area contributed by atoms with Gasteiger partial charge in [-0.25, -0.2) is 0 Å². The average molecular weight is 233 g/mol. The molecule has 0 unspecified atom stereocenters. The van der Waals surface area contributed by atoms with Gasteiger partial charge in [0.05, 0.1) is 0 Å². The van der Waals surface area contributed by atoms with Crippen molar-refractivity contribution in [1.82, 2.24) is 4.90 Å². The number of amides is 1. The molecule has 1 spiro atoms. The second-order valence-electron chi connectivity index (χ2n) is 6.82. The van der Waals surface area contributed by atoms with Gasteiger partial charge in [-0.2, -0.15) is 0 Å². The van der Waals surface area contributed by atoms with E-state index in [4.69, 9.17) is 0 Å². The van der Waals surface area contributed by atoms with E-state index >= 15 is 0 Å². The van der Waals surface area contributed by atoms with Crippen molar-refractivity contribution in [3.05, 3.63) is 0 Å². The molecule has 1 saturated heterocycles. The van der Waals surface area contributed by atoms with Gasteiger partial charge in [-0.1, -0.05) is 26.7 Å². The standard InChI is InChI=1S/C15H23NO/c1-5-6-13(17)16-8-7-15(11-16)9-12(10-15)14(2,3)4/h12H,7-11H2,1-4H3. The van der Waals surface area contributed by atoms with Crippen LogP contribution in [-0.2, 0) is 4.79 Å². The molecule has 2 rings (SSSR count). The Bertz CT molecular complexity index is 374. The molecule has 2 aliphatic rings. The topological polar surface area (TPSA) is 20.3 Å². The Hall–Kier alpha value is -0.970. The zero-order chi connectivity index (χ0) is 12.7. The van der Waals surface area contributed by atoms with E-state index in [1.54, 1.807) is 6.92 Å². The lowest BCUT2D eigenvalue weighted by molar-refractivity contribution is -0.125. The summed E-state index contributed by atoms with van der Waals surface area (Å²) in [5.74, 6) is 6.20. The van der Waals surface area contributed by atoms with Crippen molar-refractivity contribution in [3.63, 3.8) is 0 Å². The number of hydrogen-bond donors (Lipinski definition) is 0. The van der Waals surface area contributed by atoms with Gasteiger partial charge in [-0.05, 0) is 48.9 Å². The van der Waals surface area contributed by atoms with Crippen LogP contribution in [0.25, 0.3) is 0 Å². The Balaban J connectivity index is 1.92. The van der Waals surface area contributed by atoms with E-state index in [2.05, 4.69) is 32.6 Å². The van der Waals surface area contributed by atoms with Crippen LogP contribution >= 0.6 is 0 Å². The van der Waals surface area contributed by atoms with Gasteiger partial charge in [0, 0.05) is 13.1 Å². The molecule has 0 bridgehead atoms. The average Bonchev–Trinajstić information content (AvgIpc) is 2.58. The summed E-state index contributed by atoms with van der Waals surface area (Å²) in [6.45, 7) is 10.5. The minimum absolute atomic E-state index is 0.0172. The highest BCUT2D eigenvalue weighted by Crippen LogP contribution is 2.57. The zero-order valence-electron chi connectivity index (χ0n) is 11.5. The lowest BCUT2D eigenvalue weighted by Gasteiger charge is -2.51. The molecule has 0 atom stereocenters. The summed E-state index contributed by atoms with van der Waals surface area (Å²) >= 11 is 0. The van der Waals surface area contributed by atoms with Crippen molar-refractivity contribution >= 4 is 5.91 Å². The van der Waals surface area contributed by atoms with Gasteiger partial charge >= 0.3 is 0 Å². The fourth-order valence-electron chi connectivity index (χ4n) is 3.23. The first-order valence-electron chi connectivity index (χ1n) is 6.58. The molecular formula is C15H23NO. The Kier molecular flexibility index (Phi) is 2.97. The van der Waals surface area contributed by atoms with Crippen LogP contribution in [0.15, 0.2) is 0 Å². The number of hydrogen-bond acceptors (Lipinski definition) is 1. The Morgan fingerprint density at radius 3 is 2.53 bits per heavy atom. The van der Waals surface area contributed by atoms with Gasteiger partial charge < -0.3 is 4.90 Å². The Labute approximate surface area is 105 Å². The van der Waals surface area contributed by atoms with Crippen LogP contribution in [0.5, 0.6) is 0 Å². The van der Waals surface area contributed by atoms with Crippen LogP contribution in [-0.4, -0.2) is 23.9 Å². The maximum Gasteiger partial charge on any atom is 0.298 e. The van der Waals surface area contributed by atoms with Crippen LogP contribution in [0.3, 0.4) is 0 Å². The molecule has 0 aromatic rings. The summed E-state index contributed by atoms with van der Waals surface area (Å²) < 4.78 is 0. The van der Waals surface area contributed by atoms with E-state index in [0.717, 1.165) is 19.0 Å². The molecule has 2 fully saturated rings. The van der Waals surface area contributed by atoms with Crippen molar-refractivity contribution in [2.75, 3.05) is 13.1 Å². The summed E-state index contributed by atoms with van der Waals surface area (Å²) in [6.07, 6.45) is 3.76. The van der Waals surface area contributed by atoms with Gasteiger partial charge in [0.15, 0.2) is 0 Å². The van der Waals surface area contributed by atoms with E-state index in [1.807, 2.05) is 4.90 Å². The fraction of sp³-hybridized carbons (Fsp3) is 0.800. The predicted molar refractivity (Wildman–Crippen MR) is 69.3 cm³/mol. The molecule has 2 nitrogen and oxygen atoms in total. The zero-order valence-corrected chi connectivity index (χ0v) is 11.5. The third kappa shape index (κ3) is 2.34. The predicted octanol–water partition coefficient (Wildman–Crippen LogP) is 2.68. The normalized spacial score (nSPS) is 32.0. The molecule has 0 aromatic heterocycles. The van der Waals surface area contributed by atoms with E-state index in [-0.39, 0.29) is 5.91 Å². The lowest BCUT2D eigenvalue weighted by atomic mass is 9.54. The molecule has 1 amide bonds. The molecule has 1 aliphatic heterocycles. The minimum atomic E-state index is 0.0172. The van der Waals surface area contributed by atoms with Gasteiger partial charge in [-0.3, -0.25) is 4.79 Å². The van der Waals surface area contributed by atoms with Gasteiger partial charge in [0.25, 0.3) is 5.91 Å². The van der Waals surface area contributed by atoms with Crippen molar-refractivity contribution < 1.29 is 4.79 Å².